The molecule has 0 radical (unpaired) electrons. The smallest absolute Gasteiger partial charge is 0.331 e. The van der Waals surface area contributed by atoms with Crippen molar-refractivity contribution in [2.45, 2.75) is 13.8 Å². The molecule has 0 bridgehead atoms. The molecule has 0 aliphatic rings. The van der Waals surface area contributed by atoms with Crippen molar-refractivity contribution in [3.8, 4) is 0 Å². The van der Waals surface area contributed by atoms with Gasteiger partial charge in [0.1, 0.15) is 6.33 Å². The maximum Gasteiger partial charge on any atom is 0.331 e. The average Bonchev–Trinajstić information content (AvgIpc) is 2.38. The summed E-state index contributed by atoms with van der Waals surface area (Å²) < 4.78 is 5.74. The third-order valence-electron chi connectivity index (χ3n) is 2.79. The molecule has 1 aromatic carbocycles. The Morgan fingerprint density at radius 2 is 2.11 bits per heavy atom. The zero-order valence-corrected chi connectivity index (χ0v) is 11.0. The minimum Gasteiger partial charge on any atom is -0.466 e. The molecule has 98 valence electrons. The second-order valence-corrected chi connectivity index (χ2v) is 4.27. The molecule has 2 aromatic rings. The first-order valence-corrected chi connectivity index (χ1v) is 5.77. The molecule has 0 N–H and O–H groups in total. The Labute approximate surface area is 110 Å². The van der Waals surface area contributed by atoms with E-state index < -0.39 is 5.97 Å². The van der Waals surface area contributed by atoms with E-state index in [1.54, 1.807) is 6.07 Å². The van der Waals surface area contributed by atoms with Crippen LogP contribution in [-0.2, 0) is 9.53 Å². The predicted octanol–water partition coefficient (Wildman–Crippen LogP) is 1.66. The van der Waals surface area contributed by atoms with Gasteiger partial charge >= 0.3 is 5.97 Å². The lowest BCUT2D eigenvalue weighted by Crippen LogP contribution is -2.17. The van der Waals surface area contributed by atoms with Crippen molar-refractivity contribution in [2.75, 3.05) is 7.11 Å². The summed E-state index contributed by atoms with van der Waals surface area (Å²) in [6, 6.07) is 3.77. The molecule has 5 nitrogen and oxygen atoms in total. The summed E-state index contributed by atoms with van der Waals surface area (Å²) in [7, 11) is 1.28. The third-order valence-corrected chi connectivity index (χ3v) is 2.79. The largest absolute Gasteiger partial charge is 0.466 e. The summed E-state index contributed by atoms with van der Waals surface area (Å²) in [5.41, 5.74) is 2.42. The lowest BCUT2D eigenvalue weighted by atomic mass is 10.1. The monoisotopic (exact) mass is 258 g/mol. The second-order valence-electron chi connectivity index (χ2n) is 4.27. The van der Waals surface area contributed by atoms with Crippen LogP contribution < -0.4 is 5.56 Å². The number of methoxy groups -OCH3 is 1. The number of benzene rings is 1. The summed E-state index contributed by atoms with van der Waals surface area (Å²) in [4.78, 5) is 27.5. The van der Waals surface area contributed by atoms with E-state index in [-0.39, 0.29) is 5.56 Å². The first-order valence-electron chi connectivity index (χ1n) is 5.77. The SMILES string of the molecule is COC(=O)C=Cn1cnc2c(C)cc(C)cc2c1=O. The Morgan fingerprint density at radius 1 is 1.37 bits per heavy atom. The number of esters is 1. The van der Waals surface area contributed by atoms with E-state index in [1.807, 2.05) is 19.9 Å². The Kier molecular flexibility index (Phi) is 3.46. The van der Waals surface area contributed by atoms with Gasteiger partial charge in [-0.05, 0) is 31.0 Å². The van der Waals surface area contributed by atoms with Crippen LogP contribution in [0.15, 0.2) is 29.3 Å². The van der Waals surface area contributed by atoms with Crippen molar-refractivity contribution in [2.24, 2.45) is 0 Å². The molecule has 1 heterocycles. The van der Waals surface area contributed by atoms with Crippen LogP contribution in [0.1, 0.15) is 11.1 Å². The fourth-order valence-electron chi connectivity index (χ4n) is 1.92. The van der Waals surface area contributed by atoms with E-state index in [2.05, 4.69) is 9.72 Å². The zero-order chi connectivity index (χ0) is 14.0. The Hall–Kier alpha value is -2.43. The lowest BCUT2D eigenvalue weighted by molar-refractivity contribution is -0.134. The van der Waals surface area contributed by atoms with Crippen LogP contribution in [0.2, 0.25) is 0 Å². The van der Waals surface area contributed by atoms with E-state index in [0.717, 1.165) is 11.1 Å². The van der Waals surface area contributed by atoms with Crippen molar-refractivity contribution in [1.82, 2.24) is 9.55 Å². The molecular weight excluding hydrogens is 244 g/mol. The van der Waals surface area contributed by atoms with Crippen LogP contribution in [0.3, 0.4) is 0 Å². The predicted molar refractivity (Wildman–Crippen MR) is 72.8 cm³/mol. The van der Waals surface area contributed by atoms with E-state index in [4.69, 9.17) is 0 Å². The van der Waals surface area contributed by atoms with Crippen LogP contribution >= 0.6 is 0 Å². The fraction of sp³-hybridized carbons (Fsp3) is 0.214. The summed E-state index contributed by atoms with van der Waals surface area (Å²) in [5, 5.41) is 0.537. The second kappa shape index (κ2) is 5.06. The number of aryl methyl sites for hydroxylation is 2. The zero-order valence-electron chi connectivity index (χ0n) is 11.0. The van der Waals surface area contributed by atoms with Gasteiger partial charge in [0.05, 0.1) is 18.0 Å². The van der Waals surface area contributed by atoms with Gasteiger partial charge < -0.3 is 4.74 Å². The maximum absolute atomic E-state index is 12.3. The Balaban J connectivity index is 2.61. The van der Waals surface area contributed by atoms with Crippen LogP contribution in [0, 0.1) is 13.8 Å². The van der Waals surface area contributed by atoms with Gasteiger partial charge in [0.25, 0.3) is 5.56 Å². The molecule has 0 amide bonds. The number of hydrogen-bond donors (Lipinski definition) is 0. The summed E-state index contributed by atoms with van der Waals surface area (Å²) in [6.45, 7) is 3.84. The van der Waals surface area contributed by atoms with Gasteiger partial charge in [0, 0.05) is 12.3 Å². The van der Waals surface area contributed by atoms with Gasteiger partial charge in [-0.3, -0.25) is 9.36 Å². The van der Waals surface area contributed by atoms with Crippen LogP contribution in [0.25, 0.3) is 17.1 Å². The number of ether oxygens (including phenoxy) is 1. The maximum atomic E-state index is 12.3. The average molecular weight is 258 g/mol. The molecule has 0 aliphatic carbocycles. The quantitative estimate of drug-likeness (QED) is 0.607. The van der Waals surface area contributed by atoms with Gasteiger partial charge in [-0.15, -0.1) is 0 Å². The Bertz CT molecular complexity index is 729. The van der Waals surface area contributed by atoms with E-state index in [0.29, 0.717) is 10.9 Å². The molecule has 0 saturated heterocycles. The number of nitrogens with zero attached hydrogens (tertiary/aromatic N) is 2. The molecule has 1 aromatic heterocycles. The number of rotatable bonds is 2. The van der Waals surface area contributed by atoms with Crippen molar-refractivity contribution >= 4 is 23.1 Å². The molecule has 5 heteroatoms. The van der Waals surface area contributed by atoms with Gasteiger partial charge in [0.2, 0.25) is 0 Å². The molecule has 2 rings (SSSR count). The first kappa shape index (κ1) is 13.0. The highest BCUT2D eigenvalue weighted by Gasteiger charge is 2.06. The molecule has 0 aliphatic heterocycles. The van der Waals surface area contributed by atoms with Gasteiger partial charge in [-0.25, -0.2) is 9.78 Å². The molecule has 0 spiro atoms. The van der Waals surface area contributed by atoms with Crippen molar-refractivity contribution in [3.63, 3.8) is 0 Å². The number of aromatic nitrogens is 2. The lowest BCUT2D eigenvalue weighted by Gasteiger charge is -2.05. The summed E-state index contributed by atoms with van der Waals surface area (Å²) >= 11 is 0. The van der Waals surface area contributed by atoms with Crippen LogP contribution in [0.4, 0.5) is 0 Å². The van der Waals surface area contributed by atoms with Crippen molar-refractivity contribution in [1.29, 1.82) is 0 Å². The normalized spacial score (nSPS) is 11.1. The molecule has 0 atom stereocenters. The summed E-state index contributed by atoms with van der Waals surface area (Å²) in [5.74, 6) is -0.521. The van der Waals surface area contributed by atoms with Crippen LogP contribution in [0.5, 0.6) is 0 Å². The van der Waals surface area contributed by atoms with Gasteiger partial charge in [-0.1, -0.05) is 6.07 Å². The minimum absolute atomic E-state index is 0.211. The number of hydrogen-bond acceptors (Lipinski definition) is 4. The molecule has 0 unspecified atom stereocenters. The van der Waals surface area contributed by atoms with Crippen molar-refractivity contribution in [3.05, 3.63) is 46.0 Å². The number of fused-ring (bicyclic) bond motifs is 1. The molecule has 19 heavy (non-hydrogen) atoms. The fourth-order valence-corrected chi connectivity index (χ4v) is 1.92. The van der Waals surface area contributed by atoms with Crippen molar-refractivity contribution < 1.29 is 9.53 Å². The number of carbonyl (C=O) groups excluding carboxylic acids is 1. The molecule has 0 fully saturated rings. The number of carbonyl (C=O) groups is 1. The minimum atomic E-state index is -0.521. The molecule has 0 saturated carbocycles. The molecular formula is C14H14N2O3. The topological polar surface area (TPSA) is 61.2 Å². The van der Waals surface area contributed by atoms with Gasteiger partial charge in [-0.2, -0.15) is 0 Å². The van der Waals surface area contributed by atoms with E-state index in [9.17, 15) is 9.59 Å². The highest BCUT2D eigenvalue weighted by atomic mass is 16.5. The summed E-state index contributed by atoms with van der Waals surface area (Å²) in [6.07, 6.45) is 3.92. The van der Waals surface area contributed by atoms with Gasteiger partial charge in [0.15, 0.2) is 0 Å². The standard InChI is InChI=1S/C14H14N2O3/c1-9-6-10(2)13-11(7-9)14(18)16(8-15-13)5-4-12(17)19-3/h4-8H,1-3H3. The Morgan fingerprint density at radius 3 is 2.79 bits per heavy atom. The first-order chi connectivity index (χ1) is 9.02. The van der Waals surface area contributed by atoms with E-state index >= 15 is 0 Å². The third kappa shape index (κ3) is 2.54. The highest BCUT2D eigenvalue weighted by Crippen LogP contribution is 2.14. The van der Waals surface area contributed by atoms with E-state index in [1.165, 1.54) is 30.3 Å². The highest BCUT2D eigenvalue weighted by molar-refractivity contribution is 5.85. The van der Waals surface area contributed by atoms with Crippen LogP contribution in [-0.4, -0.2) is 22.6 Å².